The molecule has 2 rings (SSSR count). The van der Waals surface area contributed by atoms with Crippen LogP contribution in [0.4, 0.5) is 0 Å². The fourth-order valence-electron chi connectivity index (χ4n) is 1.89. The van der Waals surface area contributed by atoms with Gasteiger partial charge in [-0.25, -0.2) is 0 Å². The highest BCUT2D eigenvalue weighted by Gasteiger charge is 2.05. The SMILES string of the molecule is Cc1cc(C(N)=O)ccc1COc1ccc(CN)cc1. The molecule has 4 N–H and O–H groups in total. The predicted octanol–water partition coefficient (Wildman–Crippen LogP) is 2.13. The van der Waals surface area contributed by atoms with Gasteiger partial charge in [-0.3, -0.25) is 4.79 Å². The van der Waals surface area contributed by atoms with Gasteiger partial charge in [-0.1, -0.05) is 18.2 Å². The van der Waals surface area contributed by atoms with Gasteiger partial charge >= 0.3 is 0 Å². The summed E-state index contributed by atoms with van der Waals surface area (Å²) in [5, 5.41) is 0. The fraction of sp³-hybridized carbons (Fsp3) is 0.188. The lowest BCUT2D eigenvalue weighted by molar-refractivity contribution is 0.1000. The van der Waals surface area contributed by atoms with E-state index >= 15 is 0 Å². The molecule has 4 nitrogen and oxygen atoms in total. The van der Waals surface area contributed by atoms with Crippen LogP contribution in [-0.2, 0) is 13.2 Å². The van der Waals surface area contributed by atoms with Crippen LogP contribution in [0.5, 0.6) is 5.75 Å². The van der Waals surface area contributed by atoms with Crippen LogP contribution in [0.2, 0.25) is 0 Å². The molecule has 2 aromatic carbocycles. The number of rotatable bonds is 5. The van der Waals surface area contributed by atoms with E-state index in [2.05, 4.69) is 0 Å². The number of benzene rings is 2. The van der Waals surface area contributed by atoms with E-state index in [0.29, 0.717) is 18.7 Å². The first-order valence-electron chi connectivity index (χ1n) is 6.41. The number of nitrogens with two attached hydrogens (primary N) is 2. The summed E-state index contributed by atoms with van der Waals surface area (Å²) in [6, 6.07) is 13.0. The summed E-state index contributed by atoms with van der Waals surface area (Å²) >= 11 is 0. The number of ether oxygens (including phenoxy) is 1. The van der Waals surface area contributed by atoms with E-state index < -0.39 is 5.91 Å². The fourth-order valence-corrected chi connectivity index (χ4v) is 1.89. The molecular weight excluding hydrogens is 252 g/mol. The van der Waals surface area contributed by atoms with Crippen molar-refractivity contribution in [2.75, 3.05) is 0 Å². The zero-order valence-electron chi connectivity index (χ0n) is 11.4. The smallest absolute Gasteiger partial charge is 0.248 e. The Morgan fingerprint density at radius 3 is 2.40 bits per heavy atom. The number of carbonyl (C=O) groups is 1. The first-order valence-corrected chi connectivity index (χ1v) is 6.41. The number of amides is 1. The molecule has 2 aromatic rings. The number of primary amides is 1. The van der Waals surface area contributed by atoms with Crippen molar-refractivity contribution in [3.63, 3.8) is 0 Å². The van der Waals surface area contributed by atoms with Gasteiger partial charge in [-0.05, 0) is 47.9 Å². The molecular formula is C16H18N2O2. The van der Waals surface area contributed by atoms with Crippen LogP contribution in [0.1, 0.15) is 27.0 Å². The van der Waals surface area contributed by atoms with Crippen molar-refractivity contribution < 1.29 is 9.53 Å². The Morgan fingerprint density at radius 1 is 1.15 bits per heavy atom. The van der Waals surface area contributed by atoms with Crippen molar-refractivity contribution in [2.24, 2.45) is 11.5 Å². The highest BCUT2D eigenvalue weighted by Crippen LogP contribution is 2.16. The highest BCUT2D eigenvalue weighted by atomic mass is 16.5. The molecule has 4 heteroatoms. The maximum atomic E-state index is 11.1. The minimum absolute atomic E-state index is 0.419. The second-order valence-corrected chi connectivity index (χ2v) is 4.64. The molecule has 0 aromatic heterocycles. The first-order chi connectivity index (χ1) is 9.60. The van der Waals surface area contributed by atoms with Crippen LogP contribution in [-0.4, -0.2) is 5.91 Å². The summed E-state index contributed by atoms with van der Waals surface area (Å²) in [5.41, 5.74) is 14.4. The molecule has 0 saturated heterocycles. The molecule has 0 radical (unpaired) electrons. The summed E-state index contributed by atoms with van der Waals surface area (Å²) in [6.07, 6.45) is 0. The van der Waals surface area contributed by atoms with Crippen molar-refractivity contribution in [3.05, 3.63) is 64.7 Å². The zero-order chi connectivity index (χ0) is 14.5. The maximum Gasteiger partial charge on any atom is 0.248 e. The van der Waals surface area contributed by atoms with E-state index in [1.54, 1.807) is 12.1 Å². The quantitative estimate of drug-likeness (QED) is 0.873. The largest absolute Gasteiger partial charge is 0.489 e. The van der Waals surface area contributed by atoms with E-state index in [1.165, 1.54) is 0 Å². The van der Waals surface area contributed by atoms with Gasteiger partial charge in [0.15, 0.2) is 0 Å². The summed E-state index contributed by atoms with van der Waals surface area (Å²) < 4.78 is 5.72. The lowest BCUT2D eigenvalue weighted by atomic mass is 10.1. The van der Waals surface area contributed by atoms with Crippen LogP contribution in [0, 0.1) is 6.92 Å². The molecule has 0 atom stereocenters. The molecule has 1 amide bonds. The van der Waals surface area contributed by atoms with Gasteiger partial charge in [0.05, 0.1) is 0 Å². The van der Waals surface area contributed by atoms with Crippen molar-refractivity contribution in [3.8, 4) is 5.75 Å². The topological polar surface area (TPSA) is 78.3 Å². The Morgan fingerprint density at radius 2 is 1.85 bits per heavy atom. The molecule has 0 bridgehead atoms. The molecule has 0 heterocycles. The third-order valence-corrected chi connectivity index (χ3v) is 3.18. The van der Waals surface area contributed by atoms with Gasteiger partial charge in [-0.15, -0.1) is 0 Å². The molecule has 0 saturated carbocycles. The van der Waals surface area contributed by atoms with Crippen molar-refractivity contribution in [2.45, 2.75) is 20.1 Å². The van der Waals surface area contributed by atoms with E-state index in [1.807, 2.05) is 37.3 Å². The Labute approximate surface area is 118 Å². The monoisotopic (exact) mass is 270 g/mol. The standard InChI is InChI=1S/C16H18N2O2/c1-11-8-13(16(18)19)4-5-14(11)10-20-15-6-2-12(9-17)3-7-15/h2-8H,9-10,17H2,1H3,(H2,18,19). The lowest BCUT2D eigenvalue weighted by Gasteiger charge is -2.10. The first kappa shape index (κ1) is 14.1. The molecule has 104 valence electrons. The van der Waals surface area contributed by atoms with Crippen molar-refractivity contribution in [1.29, 1.82) is 0 Å². The number of hydrogen-bond acceptors (Lipinski definition) is 3. The van der Waals surface area contributed by atoms with Crippen LogP contribution in [0.15, 0.2) is 42.5 Å². The van der Waals surface area contributed by atoms with Crippen LogP contribution in [0.3, 0.4) is 0 Å². The molecule has 0 unspecified atom stereocenters. The van der Waals surface area contributed by atoms with Crippen LogP contribution < -0.4 is 16.2 Å². The molecule has 0 aliphatic rings. The van der Waals surface area contributed by atoms with Gasteiger partial charge in [0.25, 0.3) is 0 Å². The Balaban J connectivity index is 2.04. The number of hydrogen-bond donors (Lipinski definition) is 2. The lowest BCUT2D eigenvalue weighted by Crippen LogP contribution is -2.11. The third-order valence-electron chi connectivity index (χ3n) is 3.18. The Hall–Kier alpha value is -2.33. The molecule has 0 aliphatic carbocycles. The molecule has 20 heavy (non-hydrogen) atoms. The normalized spacial score (nSPS) is 10.3. The molecule has 0 fully saturated rings. The average molecular weight is 270 g/mol. The summed E-state index contributed by atoms with van der Waals surface area (Å²) in [7, 11) is 0. The predicted molar refractivity (Wildman–Crippen MR) is 78.4 cm³/mol. The van der Waals surface area contributed by atoms with Crippen LogP contribution in [0.25, 0.3) is 0 Å². The van der Waals surface area contributed by atoms with Crippen molar-refractivity contribution >= 4 is 5.91 Å². The third kappa shape index (κ3) is 3.36. The Kier molecular flexibility index (Phi) is 4.38. The van der Waals surface area contributed by atoms with Crippen LogP contribution >= 0.6 is 0 Å². The zero-order valence-corrected chi connectivity index (χ0v) is 11.4. The van der Waals surface area contributed by atoms with Gasteiger partial charge in [-0.2, -0.15) is 0 Å². The van der Waals surface area contributed by atoms with Gasteiger partial charge in [0, 0.05) is 12.1 Å². The minimum atomic E-state index is -0.419. The van der Waals surface area contributed by atoms with E-state index in [-0.39, 0.29) is 0 Å². The van der Waals surface area contributed by atoms with E-state index in [0.717, 1.165) is 22.4 Å². The number of carbonyl (C=O) groups excluding carboxylic acids is 1. The number of aryl methyl sites for hydroxylation is 1. The maximum absolute atomic E-state index is 11.1. The molecule has 0 aliphatic heterocycles. The molecule has 0 spiro atoms. The summed E-state index contributed by atoms with van der Waals surface area (Å²) in [6.45, 7) is 2.91. The minimum Gasteiger partial charge on any atom is -0.489 e. The van der Waals surface area contributed by atoms with Gasteiger partial charge < -0.3 is 16.2 Å². The van der Waals surface area contributed by atoms with E-state index in [4.69, 9.17) is 16.2 Å². The van der Waals surface area contributed by atoms with E-state index in [9.17, 15) is 4.79 Å². The van der Waals surface area contributed by atoms with Crippen molar-refractivity contribution in [1.82, 2.24) is 0 Å². The highest BCUT2D eigenvalue weighted by molar-refractivity contribution is 5.93. The average Bonchev–Trinajstić information content (AvgIpc) is 2.46. The summed E-state index contributed by atoms with van der Waals surface area (Å²) in [5.74, 6) is 0.374. The Bertz CT molecular complexity index is 606. The second kappa shape index (κ2) is 6.21. The van der Waals surface area contributed by atoms with Gasteiger partial charge in [0.2, 0.25) is 5.91 Å². The second-order valence-electron chi connectivity index (χ2n) is 4.64. The van der Waals surface area contributed by atoms with Gasteiger partial charge in [0.1, 0.15) is 12.4 Å². The summed E-state index contributed by atoms with van der Waals surface area (Å²) in [4.78, 5) is 11.1.